The van der Waals surface area contributed by atoms with E-state index in [4.69, 9.17) is 5.73 Å². The van der Waals surface area contributed by atoms with Gasteiger partial charge in [-0.15, -0.1) is 20.4 Å². The Hall–Kier alpha value is -3.61. The van der Waals surface area contributed by atoms with Crippen LogP contribution in [0.3, 0.4) is 0 Å². The van der Waals surface area contributed by atoms with Gasteiger partial charge in [0.05, 0.1) is 5.75 Å². The van der Waals surface area contributed by atoms with Gasteiger partial charge in [0, 0.05) is 26.2 Å². The topological polar surface area (TPSA) is 142 Å². The van der Waals surface area contributed by atoms with Gasteiger partial charge in [0.1, 0.15) is 12.4 Å². The second kappa shape index (κ2) is 9.04. The van der Waals surface area contributed by atoms with Crippen molar-refractivity contribution in [3.05, 3.63) is 42.0 Å². The lowest BCUT2D eigenvalue weighted by Crippen LogP contribution is -2.16. The van der Waals surface area contributed by atoms with Crippen molar-refractivity contribution < 1.29 is 0 Å². The summed E-state index contributed by atoms with van der Waals surface area (Å²) in [6, 6.07) is 9.72. The summed E-state index contributed by atoms with van der Waals surface area (Å²) < 4.78 is 2.01. The minimum absolute atomic E-state index is 0.193. The monoisotopic (exact) mass is 438 g/mol. The van der Waals surface area contributed by atoms with Crippen LogP contribution in [-0.4, -0.2) is 64.0 Å². The number of nitrogens with two attached hydrogens (primary N) is 1. The van der Waals surface area contributed by atoms with Gasteiger partial charge in [-0.05, 0) is 12.1 Å². The molecule has 0 saturated heterocycles. The molecule has 0 spiro atoms. The van der Waals surface area contributed by atoms with Crippen molar-refractivity contribution >= 4 is 23.7 Å². The first-order valence-electron chi connectivity index (χ1n) is 9.59. The highest BCUT2D eigenvalue weighted by molar-refractivity contribution is 7.98. The van der Waals surface area contributed by atoms with Crippen LogP contribution in [0, 0.1) is 0 Å². The number of rotatable bonds is 8. The standard InChI is InChI=1S/C18H22N12S/c1-4-29-14(10-30-26-15(24-27-30)12-8-6-5-7-9-12)23-25-18(29)31-11-13-20-16(19)22-17(21-13)28(2)3/h5-9H,4,10-11H2,1-3H3,(H2,19,20,21,22). The maximum Gasteiger partial charge on any atom is 0.229 e. The molecule has 0 bridgehead atoms. The van der Waals surface area contributed by atoms with Crippen molar-refractivity contribution in [2.75, 3.05) is 24.7 Å². The molecule has 0 radical (unpaired) electrons. The van der Waals surface area contributed by atoms with Crippen LogP contribution in [0.1, 0.15) is 18.6 Å². The first-order valence-corrected chi connectivity index (χ1v) is 10.6. The molecule has 160 valence electrons. The molecule has 13 heteroatoms. The molecule has 0 amide bonds. The number of hydrogen-bond acceptors (Lipinski definition) is 11. The zero-order valence-corrected chi connectivity index (χ0v) is 18.2. The second-order valence-corrected chi connectivity index (χ2v) is 7.69. The number of anilines is 2. The number of thioether (sulfide) groups is 1. The summed E-state index contributed by atoms with van der Waals surface area (Å²) in [5.74, 6) is 3.10. The van der Waals surface area contributed by atoms with E-state index in [0.29, 0.717) is 36.4 Å². The molecule has 3 aromatic heterocycles. The molecule has 4 rings (SSSR count). The van der Waals surface area contributed by atoms with Gasteiger partial charge in [-0.1, -0.05) is 42.1 Å². The number of nitrogen functional groups attached to an aromatic ring is 1. The summed E-state index contributed by atoms with van der Waals surface area (Å²) in [5.41, 5.74) is 6.72. The Kier molecular flexibility index (Phi) is 6.02. The minimum Gasteiger partial charge on any atom is -0.368 e. The van der Waals surface area contributed by atoms with Crippen molar-refractivity contribution in [3.63, 3.8) is 0 Å². The molecular formula is C18H22N12S. The van der Waals surface area contributed by atoms with Gasteiger partial charge in [0.2, 0.25) is 17.7 Å². The number of benzene rings is 1. The molecule has 0 aliphatic carbocycles. The smallest absolute Gasteiger partial charge is 0.229 e. The van der Waals surface area contributed by atoms with Gasteiger partial charge >= 0.3 is 0 Å². The van der Waals surface area contributed by atoms with E-state index in [1.54, 1.807) is 4.90 Å². The van der Waals surface area contributed by atoms with Crippen molar-refractivity contribution in [2.24, 2.45) is 0 Å². The quantitative estimate of drug-likeness (QED) is 0.395. The van der Waals surface area contributed by atoms with Gasteiger partial charge in [-0.25, -0.2) is 0 Å². The molecule has 0 aliphatic rings. The minimum atomic E-state index is 0.193. The number of nitrogens with zero attached hydrogens (tertiary/aromatic N) is 11. The molecule has 2 N–H and O–H groups in total. The highest BCUT2D eigenvalue weighted by Gasteiger charge is 2.15. The van der Waals surface area contributed by atoms with Crippen molar-refractivity contribution in [1.29, 1.82) is 0 Å². The fraction of sp³-hybridized carbons (Fsp3) is 0.333. The van der Waals surface area contributed by atoms with Gasteiger partial charge in [-0.3, -0.25) is 0 Å². The average Bonchev–Trinajstić information content (AvgIpc) is 3.39. The zero-order valence-electron chi connectivity index (χ0n) is 17.4. The lowest BCUT2D eigenvalue weighted by molar-refractivity contribution is 0.524. The SMILES string of the molecule is CCn1c(Cn2nnc(-c3ccccc3)n2)nnc1SCc1nc(N)nc(N(C)C)n1. The molecule has 1 aromatic carbocycles. The summed E-state index contributed by atoms with van der Waals surface area (Å²) >= 11 is 1.48. The predicted molar refractivity (Wildman–Crippen MR) is 116 cm³/mol. The number of tetrazole rings is 1. The first kappa shape index (κ1) is 20.7. The molecule has 0 fully saturated rings. The lowest BCUT2D eigenvalue weighted by Gasteiger charge is -2.11. The van der Waals surface area contributed by atoms with Crippen LogP contribution in [0.2, 0.25) is 0 Å². The highest BCUT2D eigenvalue weighted by Crippen LogP contribution is 2.22. The third-order valence-electron chi connectivity index (χ3n) is 4.29. The van der Waals surface area contributed by atoms with Crippen LogP contribution in [-0.2, 0) is 18.8 Å². The number of hydrogen-bond donors (Lipinski definition) is 1. The van der Waals surface area contributed by atoms with Crippen LogP contribution in [0.25, 0.3) is 11.4 Å². The maximum absolute atomic E-state index is 5.80. The Morgan fingerprint density at radius 1 is 1.03 bits per heavy atom. The van der Waals surface area contributed by atoms with Gasteiger partial charge < -0.3 is 15.2 Å². The fourth-order valence-electron chi connectivity index (χ4n) is 2.82. The van der Waals surface area contributed by atoms with Gasteiger partial charge in [-0.2, -0.15) is 19.7 Å². The Balaban J connectivity index is 1.48. The van der Waals surface area contributed by atoms with E-state index in [0.717, 1.165) is 16.5 Å². The van der Waals surface area contributed by atoms with E-state index in [1.165, 1.54) is 16.6 Å². The Morgan fingerprint density at radius 3 is 2.58 bits per heavy atom. The molecule has 3 heterocycles. The van der Waals surface area contributed by atoms with E-state index < -0.39 is 0 Å². The molecule has 0 atom stereocenters. The molecule has 4 aromatic rings. The van der Waals surface area contributed by atoms with Crippen LogP contribution < -0.4 is 10.6 Å². The molecule has 31 heavy (non-hydrogen) atoms. The van der Waals surface area contributed by atoms with Crippen LogP contribution in [0.15, 0.2) is 35.5 Å². The Bertz CT molecular complexity index is 1150. The first-order chi connectivity index (χ1) is 15.0. The largest absolute Gasteiger partial charge is 0.368 e. The lowest BCUT2D eigenvalue weighted by atomic mass is 10.2. The third kappa shape index (κ3) is 4.77. The average molecular weight is 439 g/mol. The maximum atomic E-state index is 5.80. The van der Waals surface area contributed by atoms with Crippen LogP contribution >= 0.6 is 11.8 Å². The summed E-state index contributed by atoms with van der Waals surface area (Å²) in [7, 11) is 3.71. The Labute approximate surface area is 182 Å². The van der Waals surface area contributed by atoms with Crippen molar-refractivity contribution in [1.82, 2.24) is 49.9 Å². The Morgan fingerprint density at radius 2 is 1.84 bits per heavy atom. The van der Waals surface area contributed by atoms with Gasteiger partial charge in [0.15, 0.2) is 11.0 Å². The van der Waals surface area contributed by atoms with E-state index in [1.807, 2.05) is 55.9 Å². The summed E-state index contributed by atoms with van der Waals surface area (Å²) in [6.45, 7) is 3.10. The van der Waals surface area contributed by atoms with E-state index >= 15 is 0 Å². The summed E-state index contributed by atoms with van der Waals surface area (Å²) in [4.78, 5) is 16.0. The van der Waals surface area contributed by atoms with Gasteiger partial charge in [0.25, 0.3) is 0 Å². The summed E-state index contributed by atoms with van der Waals surface area (Å²) in [6.07, 6.45) is 0. The third-order valence-corrected chi connectivity index (χ3v) is 5.26. The molecule has 0 aliphatic heterocycles. The van der Waals surface area contributed by atoms with Crippen LogP contribution in [0.4, 0.5) is 11.9 Å². The highest BCUT2D eigenvalue weighted by atomic mass is 32.2. The number of aromatic nitrogens is 10. The predicted octanol–water partition coefficient (Wildman–Crippen LogP) is 1.13. The van der Waals surface area contributed by atoms with Crippen molar-refractivity contribution in [2.45, 2.75) is 30.9 Å². The summed E-state index contributed by atoms with van der Waals surface area (Å²) in [5, 5.41) is 22.1. The normalized spacial score (nSPS) is 11.1. The van der Waals surface area contributed by atoms with E-state index in [2.05, 4.69) is 40.6 Å². The molecule has 0 saturated carbocycles. The molecule has 0 unspecified atom stereocenters. The second-order valence-electron chi connectivity index (χ2n) is 6.75. The molecule has 12 nitrogen and oxygen atoms in total. The van der Waals surface area contributed by atoms with E-state index in [9.17, 15) is 0 Å². The van der Waals surface area contributed by atoms with Crippen LogP contribution in [0.5, 0.6) is 0 Å². The van der Waals surface area contributed by atoms with E-state index in [-0.39, 0.29) is 5.95 Å². The van der Waals surface area contributed by atoms with Crippen molar-refractivity contribution in [3.8, 4) is 11.4 Å². The molecular weight excluding hydrogens is 416 g/mol. The zero-order chi connectivity index (χ0) is 21.8. The fourth-order valence-corrected chi connectivity index (χ4v) is 3.69.